The highest BCUT2D eigenvalue weighted by molar-refractivity contribution is 9.10. The molecule has 2 heterocycles. The van der Waals surface area contributed by atoms with Crippen LogP contribution in [0.5, 0.6) is 5.75 Å². The number of rotatable bonds is 1. The van der Waals surface area contributed by atoms with Gasteiger partial charge in [0.05, 0.1) is 12.6 Å². The van der Waals surface area contributed by atoms with E-state index in [2.05, 4.69) is 38.5 Å². The summed E-state index contributed by atoms with van der Waals surface area (Å²) in [6.45, 7) is 3.09. The van der Waals surface area contributed by atoms with Gasteiger partial charge in [-0.15, -0.1) is 0 Å². The summed E-state index contributed by atoms with van der Waals surface area (Å²) in [5.74, 6) is 0.957. The maximum atomic E-state index is 5.48. The molecular formula is C13H15BrN2O. The highest BCUT2D eigenvalue weighted by atomic mass is 79.9. The van der Waals surface area contributed by atoms with Crippen LogP contribution in [0, 0.1) is 0 Å². The molecule has 3 rings (SSSR count). The molecule has 1 aliphatic heterocycles. The average Bonchev–Trinajstić information content (AvgIpc) is 2.63. The van der Waals surface area contributed by atoms with Crippen LogP contribution in [-0.4, -0.2) is 30.2 Å². The summed E-state index contributed by atoms with van der Waals surface area (Å²) in [6, 6.07) is 6.22. The van der Waals surface area contributed by atoms with E-state index in [1.807, 2.05) is 12.1 Å². The molecule has 0 bridgehead atoms. The molecule has 4 heteroatoms. The van der Waals surface area contributed by atoms with Crippen molar-refractivity contribution in [3.8, 4) is 5.75 Å². The zero-order chi connectivity index (χ0) is 12.0. The summed E-state index contributed by atoms with van der Waals surface area (Å²) >= 11 is 3.73. The second-order valence-corrected chi connectivity index (χ2v) is 5.30. The van der Waals surface area contributed by atoms with Crippen LogP contribution in [0.1, 0.15) is 5.69 Å². The van der Waals surface area contributed by atoms with Crippen molar-refractivity contribution in [1.82, 2.24) is 9.47 Å². The molecule has 0 saturated carbocycles. The molecule has 3 nitrogen and oxygen atoms in total. The van der Waals surface area contributed by atoms with Crippen LogP contribution in [0.4, 0.5) is 0 Å². The van der Waals surface area contributed by atoms with Crippen molar-refractivity contribution in [3.63, 3.8) is 0 Å². The Kier molecular flexibility index (Phi) is 2.64. The standard InChI is InChI=1S/C13H15BrN2O/c1-15-6-7-16-10(8-15)12(14)9-4-3-5-11(17-2)13(9)16/h3-5H,6-8H2,1-2H3. The minimum atomic E-state index is 0.957. The molecule has 0 unspecified atom stereocenters. The lowest BCUT2D eigenvalue weighted by molar-refractivity contribution is 0.271. The van der Waals surface area contributed by atoms with Gasteiger partial charge < -0.3 is 9.30 Å². The molecule has 0 saturated heterocycles. The first kappa shape index (κ1) is 11.1. The summed E-state index contributed by atoms with van der Waals surface area (Å²) in [7, 11) is 3.89. The maximum Gasteiger partial charge on any atom is 0.143 e. The number of likely N-dealkylation sites (N-methyl/N-ethyl adjacent to an activating group) is 1. The number of benzene rings is 1. The maximum absolute atomic E-state index is 5.48. The minimum Gasteiger partial charge on any atom is -0.495 e. The normalized spacial score (nSPS) is 16.2. The van der Waals surface area contributed by atoms with Crippen molar-refractivity contribution >= 4 is 26.8 Å². The highest BCUT2D eigenvalue weighted by Gasteiger charge is 2.22. The number of hydrogen-bond acceptors (Lipinski definition) is 2. The Hall–Kier alpha value is -1.00. The largest absolute Gasteiger partial charge is 0.495 e. The second-order valence-electron chi connectivity index (χ2n) is 4.51. The lowest BCUT2D eigenvalue weighted by Crippen LogP contribution is -2.30. The predicted molar refractivity (Wildman–Crippen MR) is 72.5 cm³/mol. The molecular weight excluding hydrogens is 280 g/mol. The van der Waals surface area contributed by atoms with Gasteiger partial charge in [0, 0.05) is 35.2 Å². The Balaban J connectivity index is 2.34. The first-order chi connectivity index (χ1) is 8.22. The zero-order valence-corrected chi connectivity index (χ0v) is 11.6. The molecule has 0 aliphatic carbocycles. The number of hydrogen-bond donors (Lipinski definition) is 0. The van der Waals surface area contributed by atoms with E-state index in [1.54, 1.807) is 7.11 Å². The fraction of sp³-hybridized carbons (Fsp3) is 0.385. The van der Waals surface area contributed by atoms with Gasteiger partial charge in [-0.3, -0.25) is 4.90 Å². The van der Waals surface area contributed by atoms with Crippen molar-refractivity contribution in [3.05, 3.63) is 28.4 Å². The Morgan fingerprint density at radius 3 is 2.88 bits per heavy atom. The fourth-order valence-electron chi connectivity index (χ4n) is 2.56. The van der Waals surface area contributed by atoms with E-state index >= 15 is 0 Å². The van der Waals surface area contributed by atoms with E-state index in [4.69, 9.17) is 4.74 Å². The minimum absolute atomic E-state index is 0.957. The lowest BCUT2D eigenvalue weighted by atomic mass is 10.2. The van der Waals surface area contributed by atoms with Crippen molar-refractivity contribution < 1.29 is 4.74 Å². The first-order valence-corrected chi connectivity index (χ1v) is 6.54. The number of aromatic nitrogens is 1. The Morgan fingerprint density at radius 2 is 2.12 bits per heavy atom. The molecule has 0 atom stereocenters. The molecule has 1 aromatic carbocycles. The number of halogens is 1. The van der Waals surface area contributed by atoms with E-state index in [1.165, 1.54) is 21.1 Å². The number of nitrogens with zero attached hydrogens (tertiary/aromatic N) is 2. The number of methoxy groups -OCH3 is 1. The van der Waals surface area contributed by atoms with Gasteiger partial charge in [0.25, 0.3) is 0 Å². The lowest BCUT2D eigenvalue weighted by Gasteiger charge is -2.25. The average molecular weight is 295 g/mol. The van der Waals surface area contributed by atoms with Gasteiger partial charge in [0.15, 0.2) is 0 Å². The van der Waals surface area contributed by atoms with E-state index in [0.717, 1.165) is 25.4 Å². The molecule has 17 heavy (non-hydrogen) atoms. The van der Waals surface area contributed by atoms with Crippen LogP contribution in [0.15, 0.2) is 22.7 Å². The van der Waals surface area contributed by atoms with Gasteiger partial charge in [-0.2, -0.15) is 0 Å². The molecule has 1 aliphatic rings. The summed E-state index contributed by atoms with van der Waals surface area (Å²) in [4.78, 5) is 2.34. The van der Waals surface area contributed by atoms with Gasteiger partial charge in [-0.25, -0.2) is 0 Å². The third-order valence-electron chi connectivity index (χ3n) is 3.43. The number of fused-ring (bicyclic) bond motifs is 3. The highest BCUT2D eigenvalue weighted by Crippen LogP contribution is 2.37. The topological polar surface area (TPSA) is 17.4 Å². The van der Waals surface area contributed by atoms with E-state index in [0.29, 0.717) is 0 Å². The summed E-state index contributed by atoms with van der Waals surface area (Å²) in [5.41, 5.74) is 2.56. The summed E-state index contributed by atoms with van der Waals surface area (Å²) in [5, 5.41) is 1.25. The van der Waals surface area contributed by atoms with Crippen molar-refractivity contribution in [2.24, 2.45) is 0 Å². The molecule has 0 spiro atoms. The van der Waals surface area contributed by atoms with Gasteiger partial charge in [-0.1, -0.05) is 12.1 Å². The van der Waals surface area contributed by atoms with Gasteiger partial charge in [0.1, 0.15) is 5.75 Å². The van der Waals surface area contributed by atoms with Crippen molar-refractivity contribution in [2.75, 3.05) is 20.7 Å². The van der Waals surface area contributed by atoms with Crippen molar-refractivity contribution in [1.29, 1.82) is 0 Å². The fourth-order valence-corrected chi connectivity index (χ4v) is 3.22. The molecule has 90 valence electrons. The van der Waals surface area contributed by atoms with E-state index in [9.17, 15) is 0 Å². The van der Waals surface area contributed by atoms with Crippen LogP contribution in [-0.2, 0) is 13.1 Å². The number of ether oxygens (including phenoxy) is 1. The summed E-state index contributed by atoms with van der Waals surface area (Å²) in [6.07, 6.45) is 0. The Labute approximate surface area is 109 Å². The molecule has 0 radical (unpaired) electrons. The smallest absolute Gasteiger partial charge is 0.143 e. The van der Waals surface area contributed by atoms with Crippen molar-refractivity contribution in [2.45, 2.75) is 13.1 Å². The molecule has 0 fully saturated rings. The predicted octanol–water partition coefficient (Wildman–Crippen LogP) is 2.86. The third-order valence-corrected chi connectivity index (χ3v) is 4.31. The molecule has 0 amide bonds. The SMILES string of the molecule is COc1cccc2c(Br)c3n(c12)CCN(C)C3. The van der Waals surface area contributed by atoms with Gasteiger partial charge in [0.2, 0.25) is 0 Å². The van der Waals surface area contributed by atoms with E-state index in [-0.39, 0.29) is 0 Å². The van der Waals surface area contributed by atoms with Crippen LogP contribution in [0.25, 0.3) is 10.9 Å². The Morgan fingerprint density at radius 1 is 1.29 bits per heavy atom. The molecule has 2 aromatic rings. The molecule has 0 N–H and O–H groups in total. The van der Waals surface area contributed by atoms with Gasteiger partial charge >= 0.3 is 0 Å². The van der Waals surface area contributed by atoms with Crippen LogP contribution in [0.2, 0.25) is 0 Å². The van der Waals surface area contributed by atoms with Crippen LogP contribution in [0.3, 0.4) is 0 Å². The second kappa shape index (κ2) is 4.03. The quantitative estimate of drug-likeness (QED) is 0.805. The van der Waals surface area contributed by atoms with Crippen LogP contribution >= 0.6 is 15.9 Å². The van der Waals surface area contributed by atoms with E-state index < -0.39 is 0 Å². The van der Waals surface area contributed by atoms with Gasteiger partial charge in [-0.05, 0) is 29.0 Å². The zero-order valence-electron chi connectivity index (χ0n) is 10.0. The number of para-hydroxylation sites is 1. The summed E-state index contributed by atoms with van der Waals surface area (Å²) < 4.78 is 9.06. The Bertz CT molecular complexity index is 576. The van der Waals surface area contributed by atoms with Crippen LogP contribution < -0.4 is 4.74 Å². The molecule has 1 aromatic heterocycles. The monoisotopic (exact) mass is 294 g/mol. The first-order valence-electron chi connectivity index (χ1n) is 5.74. The third kappa shape index (κ3) is 1.58.